The number of amides is 4. The van der Waals surface area contributed by atoms with E-state index >= 15 is 0 Å². The molecule has 10 saturated heterocycles. The van der Waals surface area contributed by atoms with Gasteiger partial charge in [0, 0.05) is 27.7 Å². The first-order valence-electron chi connectivity index (χ1n) is 39.0. The second kappa shape index (κ2) is 43.6. The topological polar surface area (TPSA) is 838 Å². The van der Waals surface area contributed by atoms with Crippen LogP contribution in [0.15, 0.2) is 0 Å². The lowest BCUT2D eigenvalue weighted by Gasteiger charge is -2.51. The van der Waals surface area contributed by atoms with Gasteiger partial charge in [0.15, 0.2) is 62.9 Å². The lowest BCUT2D eigenvalue weighted by atomic mass is 9.93. The van der Waals surface area contributed by atoms with Gasteiger partial charge >= 0.3 is 0 Å². The van der Waals surface area contributed by atoms with Crippen molar-refractivity contribution in [2.24, 2.45) is 0 Å². The van der Waals surface area contributed by atoms with Crippen LogP contribution in [0.2, 0.25) is 0 Å². The normalized spacial score (nSPS) is 49.7. The number of nitrogens with one attached hydrogen (secondary N) is 4. The van der Waals surface area contributed by atoms with Gasteiger partial charge in [0.25, 0.3) is 0 Å². The van der Waals surface area contributed by atoms with Crippen LogP contribution in [-0.2, 0) is 109 Å². The maximum Gasteiger partial charge on any atom is 0.217 e. The summed E-state index contributed by atoms with van der Waals surface area (Å²) in [4.78, 5) is 51.0. The molecule has 0 radical (unpaired) electrons. The Hall–Kier alpha value is -3.96. The van der Waals surface area contributed by atoms with Gasteiger partial charge < -0.3 is 249 Å². The fraction of sp³-hybridized carbons (Fsp3) is 0.941. The zero-order chi connectivity index (χ0) is 89.8. The molecule has 0 bridgehead atoms. The molecule has 10 aliphatic rings. The van der Waals surface area contributed by atoms with E-state index in [1.807, 2.05) is 0 Å². The summed E-state index contributed by atoms with van der Waals surface area (Å²) in [7, 11) is 0. The summed E-state index contributed by atoms with van der Waals surface area (Å²) in [5.41, 5.74) is 0. The first-order valence-corrected chi connectivity index (χ1v) is 39.0. The van der Waals surface area contributed by atoms with Gasteiger partial charge in [-0.3, -0.25) is 19.2 Å². The summed E-state index contributed by atoms with van der Waals surface area (Å²) in [5, 5.41) is 309. The Labute approximate surface area is 691 Å². The smallest absolute Gasteiger partial charge is 0.217 e. The molecule has 4 amide bonds. The molecule has 50 atom stereocenters. The Morgan fingerprint density at radius 3 is 0.893 bits per heavy atom. The summed E-state index contributed by atoms with van der Waals surface area (Å²) in [5.74, 6) is -3.56. The van der Waals surface area contributed by atoms with E-state index in [1.54, 1.807) is 0 Å². The number of hydrogen-bond acceptors (Lipinski definition) is 50. The van der Waals surface area contributed by atoms with E-state index < -0.39 is 390 Å². The number of hydrogen-bond donors (Lipinski definition) is 31. The van der Waals surface area contributed by atoms with E-state index in [-0.39, 0.29) is 0 Å². The zero-order valence-electron chi connectivity index (χ0n) is 65.7. The van der Waals surface area contributed by atoms with Crippen molar-refractivity contribution >= 4 is 23.6 Å². The van der Waals surface area contributed by atoms with Gasteiger partial charge in [-0.15, -0.1) is 0 Å². The molecule has 31 N–H and O–H groups in total. The second-order valence-electron chi connectivity index (χ2n) is 31.0. The molecular formula is C68H114N4O50. The van der Waals surface area contributed by atoms with Crippen molar-refractivity contribution in [3.05, 3.63) is 0 Å². The molecule has 54 nitrogen and oxygen atoms in total. The van der Waals surface area contributed by atoms with Crippen LogP contribution in [0.4, 0.5) is 0 Å². The van der Waals surface area contributed by atoms with Crippen molar-refractivity contribution in [1.82, 2.24) is 21.3 Å². The van der Waals surface area contributed by atoms with E-state index in [0.29, 0.717) is 0 Å². The minimum Gasteiger partial charge on any atom is -0.394 e. The summed E-state index contributed by atoms with van der Waals surface area (Å²) >= 11 is 0. The van der Waals surface area contributed by atoms with Crippen LogP contribution in [-0.4, -0.2) is 528 Å². The van der Waals surface area contributed by atoms with Crippen LogP contribution in [0.5, 0.6) is 0 Å². The van der Waals surface area contributed by atoms with E-state index in [9.17, 15) is 157 Å². The third kappa shape index (κ3) is 22.2. The third-order valence-corrected chi connectivity index (χ3v) is 22.4. The molecule has 0 aromatic rings. The summed E-state index contributed by atoms with van der Waals surface area (Å²) in [6.07, 6.45) is -92.4. The van der Waals surface area contributed by atoms with Gasteiger partial charge in [0.05, 0.1) is 65.6 Å². The SMILES string of the molecule is CC(=O)N[C@@H]1[C@@H](O)[C@H](O[C@@H]2O[C@H](CO)[C@@H](O[C@@H]3O[C@H](CO[C@H]4O[C@H](CO[C@@H]5O[C@H](CO)[C@@H](O[C@@H]6O[C@H](CO)[C@H](O)[C@H](O)[C@H]6O)[C@H](O)[C@H]5NC(C)=O)[C@@H](O)[C@H](O)[C@@H]4O)[C@@H](O)[C@H](O[C@H]4O[C@H](CO)[C@@H](O[C@@H]5O[C@H](CO)[C@@H](O[C@@H]6O[C@H](CO)[C@H](O)[C@H](O)[C@H]6O)[C@H](O)[C@H]5NC(C)=O)[C@H](O)[C@@H]4O)[C@@H]3O)[C@H](O)[C@H]2NC(C)=O)[C@@H](CO[C@@H]2O[C@@H](C)[C@@H](O)[C@@H](O)[C@@H]2O)O[C@H]1O. The molecule has 0 aromatic heterocycles. The number of aliphatic hydroxyl groups is 27. The number of aliphatic hydroxyl groups excluding tert-OH is 27. The zero-order valence-corrected chi connectivity index (χ0v) is 65.7. The van der Waals surface area contributed by atoms with Crippen LogP contribution in [0.1, 0.15) is 34.6 Å². The van der Waals surface area contributed by atoms with Crippen LogP contribution >= 0.6 is 0 Å². The third-order valence-electron chi connectivity index (χ3n) is 22.4. The van der Waals surface area contributed by atoms with Gasteiger partial charge in [0.1, 0.15) is 238 Å². The number of carbonyl (C=O) groups excluding carboxylic acids is 4. The Morgan fingerprint density at radius 1 is 0.230 bits per heavy atom. The van der Waals surface area contributed by atoms with Crippen molar-refractivity contribution in [3.63, 3.8) is 0 Å². The highest BCUT2D eigenvalue weighted by molar-refractivity contribution is 5.74. The van der Waals surface area contributed by atoms with Gasteiger partial charge in [0.2, 0.25) is 23.6 Å². The van der Waals surface area contributed by atoms with E-state index in [1.165, 1.54) is 6.92 Å². The Morgan fingerprint density at radius 2 is 0.484 bits per heavy atom. The molecule has 122 heavy (non-hydrogen) atoms. The maximum absolute atomic E-state index is 13.2. The molecule has 10 aliphatic heterocycles. The molecule has 10 fully saturated rings. The van der Waals surface area contributed by atoms with Crippen LogP contribution in [0, 0.1) is 0 Å². The van der Waals surface area contributed by atoms with Crippen LogP contribution in [0.25, 0.3) is 0 Å². The highest BCUT2D eigenvalue weighted by atomic mass is 16.8. The predicted octanol–water partition coefficient (Wildman–Crippen LogP) is -21.2. The Bertz CT molecular complexity index is 3290. The van der Waals surface area contributed by atoms with Crippen molar-refractivity contribution in [3.8, 4) is 0 Å². The highest BCUT2D eigenvalue weighted by Gasteiger charge is 2.61. The molecule has 0 aliphatic carbocycles. The monoisotopic (exact) mass is 1790 g/mol. The van der Waals surface area contributed by atoms with Gasteiger partial charge in [-0.25, -0.2) is 0 Å². The molecule has 0 aromatic carbocycles. The largest absolute Gasteiger partial charge is 0.394 e. The first-order chi connectivity index (χ1) is 57.6. The summed E-state index contributed by atoms with van der Waals surface area (Å²) in [6, 6.07) is -7.29. The maximum atomic E-state index is 13.2. The fourth-order valence-electron chi connectivity index (χ4n) is 15.7. The predicted molar refractivity (Wildman–Crippen MR) is 375 cm³/mol. The lowest BCUT2D eigenvalue weighted by molar-refractivity contribution is -0.391. The Balaban J connectivity index is 0.907. The molecule has 54 heteroatoms. The minimum absolute atomic E-state index is 0.833. The van der Waals surface area contributed by atoms with E-state index in [0.717, 1.165) is 27.7 Å². The molecule has 0 unspecified atom stereocenters. The fourth-order valence-corrected chi connectivity index (χ4v) is 15.7. The van der Waals surface area contributed by atoms with Gasteiger partial charge in [-0.1, -0.05) is 0 Å². The number of carbonyl (C=O) groups is 4. The Kier molecular flexibility index (Phi) is 35.8. The van der Waals surface area contributed by atoms with Crippen LogP contribution < -0.4 is 21.3 Å². The number of rotatable bonds is 31. The van der Waals surface area contributed by atoms with Crippen molar-refractivity contribution in [1.29, 1.82) is 0 Å². The minimum atomic E-state index is -2.54. The average molecular weight is 1790 g/mol. The standard InChI is InChI=1S/C68H114N4O50/c1-15-33(83)42(92)47(97)63(107-15)106-14-28-57(38(88)29(59(103)108-28)69-16(2)79)118-62-32(72-19(5)82)41(91)55(24(10-77)113-62)121-68-52(102)58(122-67-51(101)46(96)56(25(11-78)114-67)117-61-31(71-18(4)81)40(90)54(23(9-76)112-61)120-66-50(100)44(94)35(85)21(7-74)110-66)37(87)27(116-68)13-105-64-48(98)45(95)36(86)26(115-64)12-104-60-30(70-17(3)80)39(89)53(22(8-75)111-60)119-65-49(99)43(93)34(84)20(6-73)109-65/h15,20-68,73-78,83-103H,6-14H2,1-5H3,(H,69,79)(H,70,80)(H,71,81)(H,72,82)/t15-,20+,21+,22+,23+,24+,25+,26+,27+,28+,29+,30+,31+,32+,33+,34-,35-,36+,37+,38+,39+,40+,41+,42+,43-,44-,45-,46+,47-,48-,49+,50+,51-,52-,53+,54+,55+,56+,57+,58-,59+,60+,61-,62-,63+,64-,65-,66-,67+,68-/m0/s1. The van der Waals surface area contributed by atoms with Gasteiger partial charge in [-0.2, -0.15) is 0 Å². The van der Waals surface area contributed by atoms with E-state index in [2.05, 4.69) is 21.3 Å². The average Bonchev–Trinajstić information content (AvgIpc) is 0.762. The van der Waals surface area contributed by atoms with Gasteiger partial charge in [-0.05, 0) is 6.92 Å². The van der Waals surface area contributed by atoms with Crippen LogP contribution in [0.3, 0.4) is 0 Å². The molecule has 10 heterocycles. The van der Waals surface area contributed by atoms with E-state index in [4.69, 9.17) is 90.0 Å². The lowest BCUT2D eigenvalue weighted by Crippen LogP contribution is -2.71. The van der Waals surface area contributed by atoms with Crippen molar-refractivity contribution < 1.29 is 247 Å². The first kappa shape index (κ1) is 100. The molecular weight excluding hydrogens is 1670 g/mol. The highest BCUT2D eigenvalue weighted by Crippen LogP contribution is 2.40. The van der Waals surface area contributed by atoms with Crippen molar-refractivity contribution in [2.75, 3.05) is 59.5 Å². The molecule has 10 rings (SSSR count). The van der Waals surface area contributed by atoms with Crippen molar-refractivity contribution in [2.45, 2.75) is 341 Å². The summed E-state index contributed by atoms with van der Waals surface area (Å²) < 4.78 is 111. The molecule has 0 spiro atoms. The second-order valence-corrected chi connectivity index (χ2v) is 31.0. The summed E-state index contributed by atoms with van der Waals surface area (Å²) in [6.45, 7) is -4.16. The quantitative estimate of drug-likeness (QED) is 0.0306. The molecule has 0 saturated carbocycles. The molecule has 706 valence electrons. The number of ether oxygens (including phenoxy) is 19.